The minimum Gasteiger partial charge on any atom is -0.461 e. The molecule has 4 heterocycles. The van der Waals surface area contributed by atoms with Gasteiger partial charge in [-0.2, -0.15) is 0 Å². The number of hydrogen-bond acceptors (Lipinski definition) is 5. The summed E-state index contributed by atoms with van der Waals surface area (Å²) in [4.78, 5) is 18.7. The predicted octanol–water partition coefficient (Wildman–Crippen LogP) is 3.29. The van der Waals surface area contributed by atoms with Crippen LogP contribution in [-0.4, -0.2) is 38.2 Å². The highest BCUT2D eigenvalue weighted by atomic mass is 16.5. The van der Waals surface area contributed by atoms with Crippen molar-refractivity contribution >= 4 is 6.03 Å². The average Bonchev–Trinajstić information content (AvgIpc) is 3.47. The van der Waals surface area contributed by atoms with Gasteiger partial charge in [0.25, 0.3) is 0 Å². The van der Waals surface area contributed by atoms with E-state index in [-0.39, 0.29) is 12.1 Å². The maximum absolute atomic E-state index is 12.7. The zero-order valence-corrected chi connectivity index (χ0v) is 15.1. The Morgan fingerprint density at radius 2 is 2.30 bits per heavy atom. The lowest BCUT2D eigenvalue weighted by atomic mass is 10.00. The Kier molecular flexibility index (Phi) is 5.22. The van der Waals surface area contributed by atoms with Crippen molar-refractivity contribution in [2.45, 2.75) is 44.8 Å². The van der Waals surface area contributed by atoms with E-state index in [0.29, 0.717) is 23.8 Å². The first-order chi connectivity index (χ1) is 13.3. The molecule has 0 aliphatic carbocycles. The molecule has 0 radical (unpaired) electrons. The molecule has 1 fully saturated rings. The lowest BCUT2D eigenvalue weighted by Crippen LogP contribution is -2.48. The van der Waals surface area contributed by atoms with Gasteiger partial charge in [-0.3, -0.25) is 0 Å². The first-order valence-electron chi connectivity index (χ1n) is 9.29. The third kappa shape index (κ3) is 4.21. The molecule has 142 valence electrons. The summed E-state index contributed by atoms with van der Waals surface area (Å²) in [5, 5.41) is 6.97. The number of nitrogens with one attached hydrogen (secondary N) is 1. The Morgan fingerprint density at radius 1 is 1.33 bits per heavy atom. The van der Waals surface area contributed by atoms with E-state index in [9.17, 15) is 4.79 Å². The van der Waals surface area contributed by atoms with Crippen molar-refractivity contribution in [1.29, 1.82) is 0 Å². The molecule has 1 N–H and O–H groups in total. The Bertz CT molecular complexity index is 841. The molecule has 3 aromatic rings. The topological polar surface area (TPSA) is 89.3 Å². The number of urea groups is 1. The van der Waals surface area contributed by atoms with Crippen molar-refractivity contribution in [3.8, 4) is 11.5 Å². The molecular weight excluding hydrogens is 346 g/mol. The summed E-state index contributed by atoms with van der Waals surface area (Å²) in [5.74, 6) is 1.18. The molecule has 1 saturated heterocycles. The molecular formula is C19H23N5O3. The molecule has 0 saturated carbocycles. The number of imidazole rings is 1. The van der Waals surface area contributed by atoms with Crippen molar-refractivity contribution in [3.05, 3.63) is 48.9 Å². The third-order valence-corrected chi connectivity index (χ3v) is 4.91. The van der Waals surface area contributed by atoms with Crippen LogP contribution in [0.5, 0.6) is 0 Å². The van der Waals surface area contributed by atoms with Crippen LogP contribution in [0, 0.1) is 0 Å². The van der Waals surface area contributed by atoms with E-state index in [1.807, 2.05) is 23.5 Å². The van der Waals surface area contributed by atoms with E-state index in [0.717, 1.165) is 38.8 Å². The van der Waals surface area contributed by atoms with E-state index in [2.05, 4.69) is 20.0 Å². The molecule has 27 heavy (non-hydrogen) atoms. The number of nitrogens with zero attached hydrogens (tertiary/aromatic N) is 4. The standard InChI is InChI=1S/C19H23N5O3/c25-19(21-13-15-12-18(27-22-15)17-5-3-11-26-17)24-8-2-1-4-16(24)6-9-23-10-7-20-14-23/h3,5,7,10-12,14,16H,1-2,4,6,8-9,13H2,(H,21,25)/t16-/m0/s1. The van der Waals surface area contributed by atoms with Gasteiger partial charge in [-0.1, -0.05) is 5.16 Å². The van der Waals surface area contributed by atoms with Gasteiger partial charge in [-0.25, -0.2) is 9.78 Å². The van der Waals surface area contributed by atoms with Crippen molar-refractivity contribution in [2.75, 3.05) is 6.54 Å². The van der Waals surface area contributed by atoms with E-state index in [4.69, 9.17) is 8.94 Å². The number of aromatic nitrogens is 3. The van der Waals surface area contributed by atoms with E-state index in [1.165, 1.54) is 0 Å². The first-order valence-corrected chi connectivity index (χ1v) is 9.29. The van der Waals surface area contributed by atoms with Gasteiger partial charge in [0.15, 0.2) is 5.76 Å². The summed E-state index contributed by atoms with van der Waals surface area (Å²) in [6.07, 6.45) is 11.3. The number of hydrogen-bond donors (Lipinski definition) is 1. The zero-order chi connectivity index (χ0) is 18.5. The number of rotatable bonds is 6. The highest BCUT2D eigenvalue weighted by Gasteiger charge is 2.26. The van der Waals surface area contributed by atoms with Gasteiger partial charge in [0.1, 0.15) is 5.69 Å². The van der Waals surface area contributed by atoms with Gasteiger partial charge >= 0.3 is 6.03 Å². The van der Waals surface area contributed by atoms with Crippen LogP contribution < -0.4 is 5.32 Å². The van der Waals surface area contributed by atoms with Crippen LogP contribution >= 0.6 is 0 Å². The highest BCUT2D eigenvalue weighted by Crippen LogP contribution is 2.22. The van der Waals surface area contributed by atoms with Gasteiger partial charge in [0, 0.05) is 37.6 Å². The average molecular weight is 369 g/mol. The second-order valence-corrected chi connectivity index (χ2v) is 6.75. The van der Waals surface area contributed by atoms with Crippen LogP contribution in [0.3, 0.4) is 0 Å². The number of piperidine rings is 1. The van der Waals surface area contributed by atoms with Gasteiger partial charge in [0.05, 0.1) is 19.1 Å². The smallest absolute Gasteiger partial charge is 0.317 e. The summed E-state index contributed by atoms with van der Waals surface area (Å²) >= 11 is 0. The van der Waals surface area contributed by atoms with Crippen LogP contribution in [0.2, 0.25) is 0 Å². The molecule has 0 unspecified atom stereocenters. The normalized spacial score (nSPS) is 17.2. The van der Waals surface area contributed by atoms with Crippen LogP contribution in [0.1, 0.15) is 31.4 Å². The number of likely N-dealkylation sites (tertiary alicyclic amines) is 1. The lowest BCUT2D eigenvalue weighted by molar-refractivity contribution is 0.143. The quantitative estimate of drug-likeness (QED) is 0.720. The number of carbonyl (C=O) groups is 1. The van der Waals surface area contributed by atoms with Crippen LogP contribution in [0.15, 0.2) is 52.1 Å². The highest BCUT2D eigenvalue weighted by molar-refractivity contribution is 5.74. The second-order valence-electron chi connectivity index (χ2n) is 6.75. The van der Waals surface area contributed by atoms with Gasteiger partial charge in [-0.15, -0.1) is 0 Å². The Hall–Kier alpha value is -3.03. The maximum Gasteiger partial charge on any atom is 0.317 e. The van der Waals surface area contributed by atoms with Crippen LogP contribution in [0.25, 0.3) is 11.5 Å². The van der Waals surface area contributed by atoms with Crippen LogP contribution in [-0.2, 0) is 13.1 Å². The molecule has 3 aromatic heterocycles. The number of carbonyl (C=O) groups excluding carboxylic acids is 1. The number of aryl methyl sites for hydroxylation is 1. The molecule has 4 rings (SSSR count). The van der Waals surface area contributed by atoms with Crippen molar-refractivity contribution in [1.82, 2.24) is 24.9 Å². The minimum absolute atomic E-state index is 0.0483. The predicted molar refractivity (Wildman–Crippen MR) is 97.6 cm³/mol. The van der Waals surface area contributed by atoms with Crippen molar-refractivity contribution < 1.29 is 13.7 Å². The van der Waals surface area contributed by atoms with Crippen LogP contribution in [0.4, 0.5) is 4.79 Å². The molecule has 1 aliphatic heterocycles. The Balaban J connectivity index is 1.32. The summed E-state index contributed by atoms with van der Waals surface area (Å²) in [7, 11) is 0. The van der Waals surface area contributed by atoms with Gasteiger partial charge < -0.3 is 23.7 Å². The monoisotopic (exact) mass is 369 g/mol. The molecule has 0 spiro atoms. The van der Waals surface area contributed by atoms with Crippen molar-refractivity contribution in [2.24, 2.45) is 0 Å². The third-order valence-electron chi connectivity index (χ3n) is 4.91. The largest absolute Gasteiger partial charge is 0.461 e. The molecule has 2 amide bonds. The summed E-state index contributed by atoms with van der Waals surface area (Å²) < 4.78 is 12.6. The van der Waals surface area contributed by atoms with E-state index in [1.54, 1.807) is 24.6 Å². The number of amides is 2. The Labute approximate surface area is 157 Å². The fourth-order valence-electron chi connectivity index (χ4n) is 3.48. The zero-order valence-electron chi connectivity index (χ0n) is 15.1. The van der Waals surface area contributed by atoms with E-state index >= 15 is 0 Å². The fourth-order valence-corrected chi connectivity index (χ4v) is 3.48. The molecule has 0 aromatic carbocycles. The maximum atomic E-state index is 12.7. The summed E-state index contributed by atoms with van der Waals surface area (Å²) in [5.41, 5.74) is 0.668. The molecule has 8 heteroatoms. The van der Waals surface area contributed by atoms with Gasteiger partial charge in [-0.05, 0) is 37.8 Å². The first kappa shape index (κ1) is 17.4. The molecule has 1 aliphatic rings. The molecule has 0 bridgehead atoms. The van der Waals surface area contributed by atoms with E-state index < -0.39 is 0 Å². The second kappa shape index (κ2) is 8.11. The molecule has 1 atom stereocenters. The summed E-state index contributed by atoms with van der Waals surface area (Å²) in [6, 6.07) is 5.58. The number of furan rings is 1. The summed E-state index contributed by atoms with van der Waals surface area (Å²) in [6.45, 7) is 1.98. The van der Waals surface area contributed by atoms with Gasteiger partial charge in [0.2, 0.25) is 5.76 Å². The molecule has 8 nitrogen and oxygen atoms in total. The fraction of sp³-hybridized carbons (Fsp3) is 0.421. The minimum atomic E-state index is -0.0483. The Morgan fingerprint density at radius 3 is 3.11 bits per heavy atom. The van der Waals surface area contributed by atoms with Crippen molar-refractivity contribution in [3.63, 3.8) is 0 Å². The SMILES string of the molecule is O=C(NCc1cc(-c2ccco2)on1)N1CCCC[C@H]1CCn1ccnc1. The lowest BCUT2D eigenvalue weighted by Gasteiger charge is -2.35.